The smallest absolute Gasteiger partial charge is 0.245 e. The van der Waals surface area contributed by atoms with Crippen molar-refractivity contribution in [3.63, 3.8) is 0 Å². The molecule has 1 amide bonds. The number of rotatable bonds is 5. The molecule has 0 bridgehead atoms. The number of nitrogens with zero attached hydrogens (tertiary/aromatic N) is 5. The lowest BCUT2D eigenvalue weighted by Gasteiger charge is -2.39. The van der Waals surface area contributed by atoms with Crippen LogP contribution in [0.25, 0.3) is 0 Å². The van der Waals surface area contributed by atoms with Crippen molar-refractivity contribution in [1.29, 1.82) is 0 Å². The summed E-state index contributed by atoms with van der Waals surface area (Å²) >= 11 is 0. The van der Waals surface area contributed by atoms with Crippen LogP contribution >= 0.6 is 0 Å². The van der Waals surface area contributed by atoms with Crippen LogP contribution in [0.3, 0.4) is 0 Å². The third-order valence-corrected chi connectivity index (χ3v) is 7.60. The summed E-state index contributed by atoms with van der Waals surface area (Å²) in [4.78, 5) is 35.4. The molecule has 2 aromatic rings. The number of piperidine rings is 1. The molecule has 0 spiro atoms. The highest BCUT2D eigenvalue weighted by atomic mass is 16.2. The molecule has 2 aromatic heterocycles. The Kier molecular flexibility index (Phi) is 5.79. The van der Waals surface area contributed by atoms with Crippen molar-refractivity contribution in [1.82, 2.24) is 24.8 Å². The van der Waals surface area contributed by atoms with Crippen LogP contribution < -0.4 is 10.2 Å². The second kappa shape index (κ2) is 8.61. The van der Waals surface area contributed by atoms with Gasteiger partial charge >= 0.3 is 0 Å². The van der Waals surface area contributed by atoms with E-state index in [1.807, 2.05) is 6.20 Å². The third-order valence-electron chi connectivity index (χ3n) is 7.60. The van der Waals surface area contributed by atoms with Crippen molar-refractivity contribution in [3.8, 4) is 0 Å². The number of imidazole rings is 1. The standard InChI is InChI=1S/C25H37N7O/c1-16(2)19-15-26-23(27-19)29-21-17-7-5-8-18(17)28-24(30-21)32-12-6-9-20(32)22(33)31-13-10-25(3,4)11-14-31/h15-16,20H,5-14H2,1-4H3,(H2,26,27,28,29,30)/t20-/m0/s1. The van der Waals surface area contributed by atoms with Gasteiger partial charge in [0.25, 0.3) is 0 Å². The van der Waals surface area contributed by atoms with Gasteiger partial charge in [0.1, 0.15) is 11.9 Å². The fourth-order valence-corrected chi connectivity index (χ4v) is 5.26. The molecule has 0 unspecified atom stereocenters. The first-order chi connectivity index (χ1) is 15.8. The number of carbonyl (C=O) groups is 1. The van der Waals surface area contributed by atoms with Crippen LogP contribution in [-0.4, -0.2) is 56.4 Å². The molecule has 33 heavy (non-hydrogen) atoms. The van der Waals surface area contributed by atoms with Crippen LogP contribution in [-0.2, 0) is 17.6 Å². The van der Waals surface area contributed by atoms with Crippen molar-refractivity contribution < 1.29 is 4.79 Å². The van der Waals surface area contributed by atoms with E-state index < -0.39 is 0 Å². The number of anilines is 3. The molecule has 0 radical (unpaired) electrons. The second-order valence-corrected chi connectivity index (χ2v) is 11.0. The van der Waals surface area contributed by atoms with E-state index >= 15 is 0 Å². The van der Waals surface area contributed by atoms with Gasteiger partial charge in [0, 0.05) is 30.9 Å². The molecule has 8 nitrogen and oxygen atoms in total. The number of hydrogen-bond acceptors (Lipinski definition) is 6. The Morgan fingerprint density at radius 3 is 2.67 bits per heavy atom. The molecule has 2 saturated heterocycles. The molecular formula is C25H37N7O. The SMILES string of the molecule is CC(C)c1cnc(Nc2nc(N3CCC[C@H]3C(=O)N3CCC(C)(C)CC3)nc3c2CCC3)[nH]1. The van der Waals surface area contributed by atoms with Gasteiger partial charge in [0.2, 0.25) is 17.8 Å². The molecule has 2 N–H and O–H groups in total. The number of aromatic nitrogens is 4. The molecule has 2 aliphatic heterocycles. The maximum absolute atomic E-state index is 13.5. The lowest BCUT2D eigenvalue weighted by atomic mass is 9.82. The van der Waals surface area contributed by atoms with Gasteiger partial charge in [-0.2, -0.15) is 4.98 Å². The maximum atomic E-state index is 13.5. The predicted molar refractivity (Wildman–Crippen MR) is 130 cm³/mol. The van der Waals surface area contributed by atoms with Crippen LogP contribution in [0.2, 0.25) is 0 Å². The summed E-state index contributed by atoms with van der Waals surface area (Å²) in [6.45, 7) is 11.4. The number of hydrogen-bond donors (Lipinski definition) is 2. The van der Waals surface area contributed by atoms with Crippen LogP contribution in [0.5, 0.6) is 0 Å². The molecule has 0 aromatic carbocycles. The van der Waals surface area contributed by atoms with Gasteiger partial charge in [0.15, 0.2) is 0 Å². The van der Waals surface area contributed by atoms with Crippen molar-refractivity contribution in [2.24, 2.45) is 5.41 Å². The summed E-state index contributed by atoms with van der Waals surface area (Å²) in [5, 5.41) is 3.42. The molecule has 1 aliphatic carbocycles. The van der Waals surface area contributed by atoms with Crippen LogP contribution in [0, 0.1) is 5.41 Å². The zero-order valence-corrected chi connectivity index (χ0v) is 20.4. The van der Waals surface area contributed by atoms with Gasteiger partial charge in [-0.1, -0.05) is 27.7 Å². The van der Waals surface area contributed by atoms with Gasteiger partial charge in [-0.15, -0.1) is 0 Å². The molecule has 5 rings (SSSR count). The Labute approximate surface area is 196 Å². The van der Waals surface area contributed by atoms with E-state index in [-0.39, 0.29) is 11.9 Å². The first kappa shape index (κ1) is 22.2. The van der Waals surface area contributed by atoms with Gasteiger partial charge in [0.05, 0.1) is 11.9 Å². The summed E-state index contributed by atoms with van der Waals surface area (Å²) < 4.78 is 0. The average Bonchev–Trinajstić information content (AvgIpc) is 3.53. The topological polar surface area (TPSA) is 90.0 Å². The first-order valence-electron chi connectivity index (χ1n) is 12.6. The van der Waals surface area contributed by atoms with E-state index in [1.54, 1.807) is 0 Å². The highest BCUT2D eigenvalue weighted by molar-refractivity contribution is 5.85. The van der Waals surface area contributed by atoms with Crippen LogP contribution in [0.15, 0.2) is 6.20 Å². The average molecular weight is 452 g/mol. The largest absolute Gasteiger partial charge is 0.341 e. The van der Waals surface area contributed by atoms with Gasteiger partial charge in [-0.25, -0.2) is 9.97 Å². The lowest BCUT2D eigenvalue weighted by molar-refractivity contribution is -0.134. The second-order valence-electron chi connectivity index (χ2n) is 11.0. The van der Waals surface area contributed by atoms with E-state index in [0.29, 0.717) is 23.2 Å². The van der Waals surface area contributed by atoms with E-state index in [0.717, 1.165) is 81.8 Å². The highest BCUT2D eigenvalue weighted by Crippen LogP contribution is 2.34. The molecule has 8 heteroatoms. The van der Waals surface area contributed by atoms with Crippen molar-refractivity contribution in [2.45, 2.75) is 84.6 Å². The molecule has 1 atom stereocenters. The number of amides is 1. The Morgan fingerprint density at radius 1 is 1.15 bits per heavy atom. The minimum Gasteiger partial charge on any atom is -0.341 e. The molecule has 4 heterocycles. The van der Waals surface area contributed by atoms with Crippen LogP contribution in [0.4, 0.5) is 17.7 Å². The first-order valence-corrected chi connectivity index (χ1v) is 12.6. The Balaban J connectivity index is 1.39. The van der Waals surface area contributed by atoms with E-state index in [2.05, 4.69) is 52.8 Å². The van der Waals surface area contributed by atoms with Gasteiger partial charge < -0.3 is 20.1 Å². The number of nitrogens with one attached hydrogen (secondary N) is 2. The fourth-order valence-electron chi connectivity index (χ4n) is 5.26. The Hall–Kier alpha value is -2.64. The number of aromatic amines is 1. The maximum Gasteiger partial charge on any atom is 0.245 e. The summed E-state index contributed by atoms with van der Waals surface area (Å²) in [6, 6.07) is -0.158. The molecule has 2 fully saturated rings. The predicted octanol–water partition coefficient (Wildman–Crippen LogP) is 4.17. The van der Waals surface area contributed by atoms with E-state index in [1.165, 1.54) is 5.56 Å². The molecule has 0 saturated carbocycles. The zero-order chi connectivity index (χ0) is 23.2. The van der Waals surface area contributed by atoms with Crippen molar-refractivity contribution >= 4 is 23.6 Å². The lowest BCUT2D eigenvalue weighted by Crippen LogP contribution is -2.50. The minimum atomic E-state index is -0.158. The number of carbonyl (C=O) groups excluding carboxylic acids is 1. The monoisotopic (exact) mass is 451 g/mol. The summed E-state index contributed by atoms with van der Waals surface area (Å²) in [5.74, 6) is 2.85. The van der Waals surface area contributed by atoms with E-state index in [9.17, 15) is 4.79 Å². The number of fused-ring (bicyclic) bond motifs is 1. The van der Waals surface area contributed by atoms with Crippen molar-refractivity contribution in [2.75, 3.05) is 29.9 Å². The molecule has 3 aliphatic rings. The van der Waals surface area contributed by atoms with Crippen molar-refractivity contribution in [3.05, 3.63) is 23.1 Å². The summed E-state index contributed by atoms with van der Waals surface area (Å²) in [5.41, 5.74) is 3.72. The molecular weight excluding hydrogens is 414 g/mol. The minimum absolute atomic E-state index is 0.158. The fraction of sp³-hybridized carbons (Fsp3) is 0.680. The van der Waals surface area contributed by atoms with Gasteiger partial charge in [-0.05, 0) is 56.3 Å². The van der Waals surface area contributed by atoms with E-state index in [4.69, 9.17) is 9.97 Å². The zero-order valence-electron chi connectivity index (χ0n) is 20.4. The summed E-state index contributed by atoms with van der Waals surface area (Å²) in [7, 11) is 0. The number of aryl methyl sites for hydroxylation is 1. The highest BCUT2D eigenvalue weighted by Gasteiger charge is 2.38. The Morgan fingerprint density at radius 2 is 1.94 bits per heavy atom. The number of H-pyrrole nitrogens is 1. The Bertz CT molecular complexity index is 1020. The van der Waals surface area contributed by atoms with Crippen LogP contribution in [0.1, 0.15) is 82.7 Å². The van der Waals surface area contributed by atoms with Gasteiger partial charge in [-0.3, -0.25) is 4.79 Å². The third kappa shape index (κ3) is 4.44. The molecule has 178 valence electrons. The number of likely N-dealkylation sites (tertiary alicyclic amines) is 1. The quantitative estimate of drug-likeness (QED) is 0.709. The summed E-state index contributed by atoms with van der Waals surface area (Å²) in [6.07, 6.45) is 8.90. The normalized spacial score (nSPS) is 22.2.